The van der Waals surface area contributed by atoms with Crippen LogP contribution in [0, 0.1) is 5.92 Å². The molecular weight excluding hydrogens is 452 g/mol. The first-order valence-corrected chi connectivity index (χ1v) is 12.9. The van der Waals surface area contributed by atoms with E-state index in [0.717, 1.165) is 48.0 Å². The van der Waals surface area contributed by atoms with Gasteiger partial charge in [-0.1, -0.05) is 61.4 Å². The summed E-state index contributed by atoms with van der Waals surface area (Å²) in [6.07, 6.45) is 8.98. The zero-order valence-corrected chi connectivity index (χ0v) is 20.2. The van der Waals surface area contributed by atoms with Gasteiger partial charge in [-0.3, -0.25) is 14.5 Å². The van der Waals surface area contributed by atoms with Gasteiger partial charge in [-0.05, 0) is 43.9 Å². The Morgan fingerprint density at radius 2 is 1.85 bits per heavy atom. The number of piperidine rings is 1. The fourth-order valence-electron chi connectivity index (χ4n) is 5.13. The first kappa shape index (κ1) is 22.3. The van der Waals surface area contributed by atoms with Gasteiger partial charge in [0.15, 0.2) is 0 Å². The summed E-state index contributed by atoms with van der Waals surface area (Å²) in [5.41, 5.74) is 7.35. The van der Waals surface area contributed by atoms with Crippen LogP contribution in [0.2, 0.25) is 0 Å². The number of primary amides is 1. The van der Waals surface area contributed by atoms with Gasteiger partial charge in [-0.25, -0.2) is 4.98 Å². The van der Waals surface area contributed by atoms with E-state index in [1.165, 1.54) is 18.2 Å². The molecule has 2 N–H and O–H groups in total. The number of para-hydroxylation sites is 1. The van der Waals surface area contributed by atoms with Crippen LogP contribution in [0.3, 0.4) is 0 Å². The standard InChI is InChI=1S/C25H28N4O2S2/c26-22(30)16-10-12-28(13-11-16)23-18(14-17-6-4-5-9-20(17)27-23)15-21-24(31)29(25(32)33-21)19-7-2-1-3-8-19/h4-6,9,14-16,19H,1-3,7-8,10-13H2,(H2,26,30)/b21-15-. The molecule has 2 saturated heterocycles. The van der Waals surface area contributed by atoms with Gasteiger partial charge in [0.2, 0.25) is 5.91 Å². The van der Waals surface area contributed by atoms with E-state index in [4.69, 9.17) is 22.9 Å². The van der Waals surface area contributed by atoms with Crippen molar-refractivity contribution >= 4 is 62.9 Å². The van der Waals surface area contributed by atoms with Crippen molar-refractivity contribution in [1.29, 1.82) is 0 Å². The van der Waals surface area contributed by atoms with Crippen molar-refractivity contribution in [1.82, 2.24) is 9.88 Å². The van der Waals surface area contributed by atoms with Gasteiger partial charge < -0.3 is 10.6 Å². The predicted octanol–water partition coefficient (Wildman–Crippen LogP) is 4.47. The number of carbonyl (C=O) groups excluding carboxylic acids is 2. The van der Waals surface area contributed by atoms with Crippen LogP contribution in [-0.2, 0) is 9.59 Å². The van der Waals surface area contributed by atoms with Gasteiger partial charge in [0, 0.05) is 36.0 Å². The fourth-order valence-corrected chi connectivity index (χ4v) is 6.52. The average molecular weight is 481 g/mol. The predicted molar refractivity (Wildman–Crippen MR) is 138 cm³/mol. The molecule has 2 aromatic rings. The number of amides is 2. The van der Waals surface area contributed by atoms with E-state index in [1.807, 2.05) is 35.2 Å². The smallest absolute Gasteiger partial charge is 0.266 e. The van der Waals surface area contributed by atoms with Crippen molar-refractivity contribution in [2.45, 2.75) is 51.0 Å². The summed E-state index contributed by atoms with van der Waals surface area (Å²) in [4.78, 5) is 34.6. The summed E-state index contributed by atoms with van der Waals surface area (Å²) < 4.78 is 0.663. The van der Waals surface area contributed by atoms with Crippen molar-refractivity contribution in [3.63, 3.8) is 0 Å². The highest BCUT2D eigenvalue weighted by atomic mass is 32.2. The maximum Gasteiger partial charge on any atom is 0.266 e. The van der Waals surface area contributed by atoms with Crippen molar-refractivity contribution in [3.05, 3.63) is 40.8 Å². The number of nitrogens with zero attached hydrogens (tertiary/aromatic N) is 3. The molecule has 1 saturated carbocycles. The van der Waals surface area contributed by atoms with Crippen molar-refractivity contribution in [2.24, 2.45) is 11.7 Å². The van der Waals surface area contributed by atoms with E-state index < -0.39 is 0 Å². The number of anilines is 1. The van der Waals surface area contributed by atoms with Gasteiger partial charge in [-0.2, -0.15) is 0 Å². The first-order chi connectivity index (χ1) is 16.0. The van der Waals surface area contributed by atoms with Crippen molar-refractivity contribution in [2.75, 3.05) is 18.0 Å². The monoisotopic (exact) mass is 480 g/mol. The van der Waals surface area contributed by atoms with Gasteiger partial charge in [0.05, 0.1) is 10.4 Å². The summed E-state index contributed by atoms with van der Waals surface area (Å²) in [5.74, 6) is 0.549. The SMILES string of the molecule is NC(=O)C1CCN(c2nc3ccccc3cc2/C=C2\SC(=S)N(C3CCCCC3)C2=O)CC1. The Balaban J connectivity index is 1.49. The Kier molecular flexibility index (Phi) is 6.38. The molecule has 33 heavy (non-hydrogen) atoms. The van der Waals surface area contributed by atoms with Crippen LogP contribution in [-0.4, -0.2) is 45.2 Å². The lowest BCUT2D eigenvalue weighted by atomic mass is 9.94. The minimum Gasteiger partial charge on any atom is -0.369 e. The number of aromatic nitrogens is 1. The highest BCUT2D eigenvalue weighted by Crippen LogP contribution is 2.39. The minimum atomic E-state index is -0.229. The molecule has 5 rings (SSSR count). The molecule has 1 aromatic heterocycles. The summed E-state index contributed by atoms with van der Waals surface area (Å²) in [5, 5.41) is 1.03. The van der Waals surface area contributed by atoms with Crippen LogP contribution in [0.5, 0.6) is 0 Å². The second kappa shape index (κ2) is 9.43. The van der Waals surface area contributed by atoms with Crippen LogP contribution in [0.25, 0.3) is 17.0 Å². The van der Waals surface area contributed by atoms with E-state index in [9.17, 15) is 9.59 Å². The molecule has 2 aliphatic heterocycles. The quantitative estimate of drug-likeness (QED) is 0.514. The molecule has 0 atom stereocenters. The van der Waals surface area contributed by atoms with E-state index >= 15 is 0 Å². The number of pyridine rings is 1. The first-order valence-electron chi connectivity index (χ1n) is 11.7. The molecule has 0 bridgehead atoms. The molecular formula is C25H28N4O2S2. The molecule has 6 nitrogen and oxygen atoms in total. The molecule has 2 amide bonds. The zero-order valence-electron chi connectivity index (χ0n) is 18.5. The molecule has 8 heteroatoms. The maximum absolute atomic E-state index is 13.4. The number of hydrogen-bond donors (Lipinski definition) is 1. The number of thiocarbonyl (C=S) groups is 1. The third kappa shape index (κ3) is 4.51. The molecule has 3 fully saturated rings. The highest BCUT2D eigenvalue weighted by Gasteiger charge is 2.37. The summed E-state index contributed by atoms with van der Waals surface area (Å²) in [7, 11) is 0. The van der Waals surface area contributed by atoms with Crippen LogP contribution in [0.4, 0.5) is 5.82 Å². The Bertz CT molecular complexity index is 1130. The largest absolute Gasteiger partial charge is 0.369 e. The fraction of sp³-hybridized carbons (Fsp3) is 0.440. The molecule has 172 valence electrons. The average Bonchev–Trinajstić information content (AvgIpc) is 3.11. The lowest BCUT2D eigenvalue weighted by molar-refractivity contribution is -0.124. The van der Waals surface area contributed by atoms with Crippen molar-refractivity contribution in [3.8, 4) is 0 Å². The Morgan fingerprint density at radius 1 is 1.12 bits per heavy atom. The molecule has 3 heterocycles. The van der Waals surface area contributed by atoms with Gasteiger partial charge in [0.25, 0.3) is 5.91 Å². The summed E-state index contributed by atoms with van der Waals surface area (Å²) >= 11 is 7.02. The second-order valence-electron chi connectivity index (χ2n) is 9.10. The number of thioether (sulfide) groups is 1. The molecule has 0 unspecified atom stereocenters. The van der Waals surface area contributed by atoms with Gasteiger partial charge in [0.1, 0.15) is 10.1 Å². The Labute approximate surface area is 203 Å². The normalized spacial score (nSPS) is 22.0. The van der Waals surface area contributed by atoms with E-state index in [0.29, 0.717) is 35.2 Å². The number of fused-ring (bicyclic) bond motifs is 1. The topological polar surface area (TPSA) is 79.5 Å². The van der Waals surface area contributed by atoms with Gasteiger partial charge in [-0.15, -0.1) is 0 Å². The maximum atomic E-state index is 13.4. The molecule has 0 radical (unpaired) electrons. The van der Waals surface area contributed by atoms with Gasteiger partial charge >= 0.3 is 0 Å². The third-order valence-electron chi connectivity index (χ3n) is 6.98. The Hall–Kier alpha value is -2.45. The Morgan fingerprint density at radius 3 is 2.58 bits per heavy atom. The molecule has 1 aromatic carbocycles. The highest BCUT2D eigenvalue weighted by molar-refractivity contribution is 8.26. The van der Waals surface area contributed by atoms with Crippen molar-refractivity contribution < 1.29 is 9.59 Å². The lowest BCUT2D eigenvalue weighted by Crippen LogP contribution is -2.39. The number of hydrogen-bond acceptors (Lipinski definition) is 6. The van der Waals surface area contributed by atoms with Crippen LogP contribution >= 0.6 is 24.0 Å². The third-order valence-corrected chi connectivity index (χ3v) is 8.31. The van der Waals surface area contributed by atoms with E-state index in [2.05, 4.69) is 11.0 Å². The van der Waals surface area contributed by atoms with Crippen LogP contribution in [0.1, 0.15) is 50.5 Å². The number of carbonyl (C=O) groups is 2. The number of nitrogens with two attached hydrogens (primary N) is 1. The van der Waals surface area contributed by atoms with E-state index in [-0.39, 0.29) is 23.8 Å². The lowest BCUT2D eigenvalue weighted by Gasteiger charge is -2.32. The minimum absolute atomic E-state index is 0.0171. The number of rotatable bonds is 4. The molecule has 3 aliphatic rings. The zero-order chi connectivity index (χ0) is 22.9. The van der Waals surface area contributed by atoms with E-state index in [1.54, 1.807) is 0 Å². The molecule has 1 aliphatic carbocycles. The summed E-state index contributed by atoms with van der Waals surface area (Å²) in [6.45, 7) is 1.42. The number of benzene rings is 1. The van der Waals surface area contributed by atoms with Crippen LogP contribution < -0.4 is 10.6 Å². The second-order valence-corrected chi connectivity index (χ2v) is 10.8. The molecule has 0 spiro atoms. The summed E-state index contributed by atoms with van der Waals surface area (Å²) in [6, 6.07) is 10.3. The van der Waals surface area contributed by atoms with Crippen LogP contribution in [0.15, 0.2) is 35.2 Å².